The zero-order valence-corrected chi connectivity index (χ0v) is 18.6. The van der Waals surface area contributed by atoms with Gasteiger partial charge >= 0.3 is 0 Å². The van der Waals surface area contributed by atoms with Gasteiger partial charge in [-0.3, -0.25) is 9.69 Å². The molecule has 1 N–H and O–H groups in total. The lowest BCUT2D eigenvalue weighted by Crippen LogP contribution is -2.45. The van der Waals surface area contributed by atoms with Gasteiger partial charge in [0.05, 0.1) is 19.3 Å². The number of para-hydroxylation sites is 2. The van der Waals surface area contributed by atoms with Crippen molar-refractivity contribution in [1.29, 1.82) is 0 Å². The van der Waals surface area contributed by atoms with E-state index in [1.54, 1.807) is 6.20 Å². The molecule has 1 fully saturated rings. The molecule has 32 heavy (non-hydrogen) atoms. The summed E-state index contributed by atoms with van der Waals surface area (Å²) in [7, 11) is 0. The molecule has 1 aromatic carbocycles. The lowest BCUT2D eigenvalue weighted by Gasteiger charge is -2.32. The molecule has 2 aliphatic heterocycles. The van der Waals surface area contributed by atoms with Crippen LogP contribution in [0, 0.1) is 0 Å². The second-order valence-electron chi connectivity index (χ2n) is 8.60. The van der Waals surface area contributed by atoms with Gasteiger partial charge in [0.1, 0.15) is 0 Å². The highest BCUT2D eigenvalue weighted by Crippen LogP contribution is 2.32. The third-order valence-electron chi connectivity index (χ3n) is 6.10. The number of amides is 1. The molecule has 0 aliphatic carbocycles. The summed E-state index contributed by atoms with van der Waals surface area (Å²) in [5, 5.41) is 9.75. The van der Waals surface area contributed by atoms with Crippen LogP contribution in [0.15, 0.2) is 42.6 Å². The zero-order chi connectivity index (χ0) is 22.2. The number of likely N-dealkylation sites (tertiary alicyclic amines) is 1. The van der Waals surface area contributed by atoms with Crippen molar-refractivity contribution in [3.8, 4) is 17.4 Å². The Morgan fingerprint density at radius 1 is 1.00 bits per heavy atom. The summed E-state index contributed by atoms with van der Waals surface area (Å²) in [5.74, 6) is 2.04. The molecular weight excluding hydrogens is 406 g/mol. The molecule has 0 unspecified atom stereocenters. The number of hydrogen-bond donors (Lipinski definition) is 1. The molecule has 4 rings (SSSR count). The maximum absolute atomic E-state index is 13.0. The van der Waals surface area contributed by atoms with Crippen LogP contribution in [0.4, 0.5) is 0 Å². The number of hydrogen-bond acceptors (Lipinski definition) is 6. The first-order valence-corrected chi connectivity index (χ1v) is 11.7. The quantitative estimate of drug-likeness (QED) is 0.771. The van der Waals surface area contributed by atoms with Crippen molar-refractivity contribution >= 4 is 5.91 Å². The Morgan fingerprint density at radius 2 is 1.78 bits per heavy atom. The first-order valence-electron chi connectivity index (χ1n) is 11.7. The number of aromatic nitrogens is 1. The monoisotopic (exact) mass is 439 g/mol. The number of pyridine rings is 1. The van der Waals surface area contributed by atoms with Gasteiger partial charge in [0.15, 0.2) is 11.5 Å². The van der Waals surface area contributed by atoms with Gasteiger partial charge in [-0.05, 0) is 50.4 Å². The van der Waals surface area contributed by atoms with E-state index in [0.29, 0.717) is 57.3 Å². The van der Waals surface area contributed by atoms with Crippen molar-refractivity contribution in [2.24, 2.45) is 0 Å². The van der Waals surface area contributed by atoms with Gasteiger partial charge in [-0.2, -0.15) is 0 Å². The van der Waals surface area contributed by atoms with E-state index in [0.717, 1.165) is 43.5 Å². The number of carbonyl (C=O) groups excluding carboxylic acids is 1. The number of aliphatic hydroxyl groups excluding tert-OH is 1. The highest BCUT2D eigenvalue weighted by atomic mass is 16.5. The van der Waals surface area contributed by atoms with Crippen molar-refractivity contribution in [2.75, 3.05) is 32.8 Å². The fourth-order valence-electron chi connectivity index (χ4n) is 4.23. The van der Waals surface area contributed by atoms with E-state index in [1.165, 1.54) is 0 Å². The van der Waals surface area contributed by atoms with Gasteiger partial charge in [-0.15, -0.1) is 0 Å². The number of aliphatic hydroxyl groups is 1. The fraction of sp³-hybridized carbons (Fsp3) is 0.520. The summed E-state index contributed by atoms with van der Waals surface area (Å²) < 4.78 is 12.1. The molecule has 0 radical (unpaired) electrons. The first kappa shape index (κ1) is 22.6. The normalized spacial score (nSPS) is 19.1. The van der Waals surface area contributed by atoms with Gasteiger partial charge < -0.3 is 19.5 Å². The number of fused-ring (bicyclic) bond motifs is 2. The predicted molar refractivity (Wildman–Crippen MR) is 122 cm³/mol. The van der Waals surface area contributed by atoms with Gasteiger partial charge in [-0.1, -0.05) is 31.0 Å². The first-order chi connectivity index (χ1) is 15.7. The van der Waals surface area contributed by atoms with E-state index in [-0.39, 0.29) is 12.0 Å². The van der Waals surface area contributed by atoms with Crippen LogP contribution in [0.5, 0.6) is 17.4 Å². The third kappa shape index (κ3) is 6.20. The van der Waals surface area contributed by atoms with E-state index in [4.69, 9.17) is 9.47 Å². The van der Waals surface area contributed by atoms with Crippen LogP contribution in [-0.4, -0.2) is 64.7 Å². The van der Waals surface area contributed by atoms with Gasteiger partial charge in [0.2, 0.25) is 11.8 Å². The van der Waals surface area contributed by atoms with Gasteiger partial charge in [-0.25, -0.2) is 4.98 Å². The maximum atomic E-state index is 13.0. The minimum Gasteiger partial charge on any atom is -0.490 e. The van der Waals surface area contributed by atoms with Crippen molar-refractivity contribution in [1.82, 2.24) is 14.8 Å². The molecule has 172 valence electrons. The molecule has 2 aliphatic rings. The molecule has 3 heterocycles. The lowest BCUT2D eigenvalue weighted by atomic mass is 10.1. The van der Waals surface area contributed by atoms with Crippen molar-refractivity contribution in [3.05, 3.63) is 48.2 Å². The number of carbonyl (C=O) groups is 1. The molecule has 0 bridgehead atoms. The van der Waals surface area contributed by atoms with Crippen molar-refractivity contribution in [2.45, 2.75) is 51.2 Å². The number of ether oxygens (including phenoxy) is 2. The van der Waals surface area contributed by atoms with Gasteiger partial charge in [0.25, 0.3) is 0 Å². The predicted octanol–water partition coefficient (Wildman–Crippen LogP) is 3.61. The van der Waals surface area contributed by atoms with Crippen LogP contribution in [0.25, 0.3) is 0 Å². The molecular formula is C25H33N3O4. The van der Waals surface area contributed by atoms with Crippen LogP contribution >= 0.6 is 0 Å². The number of piperidine rings is 1. The molecule has 0 atom stereocenters. The number of nitrogens with zero attached hydrogens (tertiary/aromatic N) is 3. The average molecular weight is 440 g/mol. The van der Waals surface area contributed by atoms with E-state index in [1.807, 2.05) is 41.3 Å². The molecule has 0 spiro atoms. The number of rotatable bonds is 2. The standard InChI is InChI=1S/C25H33N3O4/c29-21-11-15-28(16-12-21)24(30)19-27-14-5-1-2-6-17-31-22-9-3-4-10-23(22)32-25-20(18-27)8-7-13-26-25/h3-4,7-10,13,21,29H,1-2,5-6,11-12,14-19H2. The molecule has 7 nitrogen and oxygen atoms in total. The minimum atomic E-state index is -0.282. The maximum Gasteiger partial charge on any atom is 0.236 e. The highest BCUT2D eigenvalue weighted by molar-refractivity contribution is 5.78. The number of benzene rings is 1. The topological polar surface area (TPSA) is 75.1 Å². The Bertz CT molecular complexity index is 883. The van der Waals surface area contributed by atoms with Crippen molar-refractivity contribution < 1.29 is 19.4 Å². The Morgan fingerprint density at radius 3 is 2.62 bits per heavy atom. The molecule has 2 aromatic rings. The van der Waals surface area contributed by atoms with Crippen LogP contribution in [0.2, 0.25) is 0 Å². The smallest absolute Gasteiger partial charge is 0.236 e. The average Bonchev–Trinajstić information content (AvgIpc) is 2.80. The Balaban J connectivity index is 1.52. The van der Waals surface area contributed by atoms with Crippen LogP contribution in [0.1, 0.15) is 44.1 Å². The van der Waals surface area contributed by atoms with E-state index < -0.39 is 0 Å². The summed E-state index contributed by atoms with van der Waals surface area (Å²) in [4.78, 5) is 21.5. The fourth-order valence-corrected chi connectivity index (χ4v) is 4.23. The molecule has 1 saturated heterocycles. The minimum absolute atomic E-state index is 0.128. The molecule has 1 amide bonds. The van der Waals surface area contributed by atoms with Crippen LogP contribution in [0.3, 0.4) is 0 Å². The zero-order valence-electron chi connectivity index (χ0n) is 18.6. The third-order valence-corrected chi connectivity index (χ3v) is 6.10. The second kappa shape index (κ2) is 11.3. The van der Waals surface area contributed by atoms with E-state index in [9.17, 15) is 9.90 Å². The highest BCUT2D eigenvalue weighted by Gasteiger charge is 2.23. The van der Waals surface area contributed by atoms with Crippen LogP contribution in [-0.2, 0) is 11.3 Å². The molecule has 0 saturated carbocycles. The largest absolute Gasteiger partial charge is 0.490 e. The molecule has 1 aromatic heterocycles. The van der Waals surface area contributed by atoms with Crippen molar-refractivity contribution in [3.63, 3.8) is 0 Å². The van der Waals surface area contributed by atoms with Crippen LogP contribution < -0.4 is 9.47 Å². The summed E-state index contributed by atoms with van der Waals surface area (Å²) in [6.45, 7) is 3.71. The van der Waals surface area contributed by atoms with E-state index >= 15 is 0 Å². The lowest BCUT2D eigenvalue weighted by molar-refractivity contribution is -0.134. The van der Waals surface area contributed by atoms with Gasteiger partial charge in [0, 0.05) is 31.4 Å². The summed E-state index contributed by atoms with van der Waals surface area (Å²) >= 11 is 0. The Hall–Kier alpha value is -2.64. The summed E-state index contributed by atoms with van der Waals surface area (Å²) in [6.07, 6.45) is 6.96. The summed E-state index contributed by atoms with van der Waals surface area (Å²) in [6, 6.07) is 11.6. The summed E-state index contributed by atoms with van der Waals surface area (Å²) in [5.41, 5.74) is 0.946. The Labute approximate surface area is 190 Å². The SMILES string of the molecule is O=C(CN1CCCCCCOc2ccccc2Oc2ncccc2C1)N1CCC(O)CC1. The molecule has 7 heteroatoms. The van der Waals surface area contributed by atoms with E-state index in [2.05, 4.69) is 9.88 Å². The second-order valence-corrected chi connectivity index (χ2v) is 8.60. The Kier molecular flexibility index (Phi) is 7.96.